The fraction of sp³-hybridized carbons (Fsp3) is 0.333. The van der Waals surface area contributed by atoms with Crippen LogP contribution in [0.5, 0.6) is 0 Å². The van der Waals surface area contributed by atoms with E-state index in [0.717, 1.165) is 17.0 Å². The molecule has 5 nitrogen and oxygen atoms in total. The van der Waals surface area contributed by atoms with Crippen LogP contribution < -0.4 is 5.73 Å². The van der Waals surface area contributed by atoms with Crippen molar-refractivity contribution in [1.82, 2.24) is 4.90 Å². The number of carbonyl (C=O) groups excluding carboxylic acids is 2. The number of nitrogens with zero attached hydrogens (tertiary/aromatic N) is 1. The van der Waals surface area contributed by atoms with Gasteiger partial charge in [0.2, 0.25) is 0 Å². The van der Waals surface area contributed by atoms with Gasteiger partial charge in [-0.2, -0.15) is 0 Å². The Kier molecular flexibility index (Phi) is 4.80. The van der Waals surface area contributed by atoms with Gasteiger partial charge in [0.05, 0.1) is 12.3 Å². The monoisotopic (exact) mass is 272 g/mol. The largest absolute Gasteiger partial charge is 0.465 e. The Labute approximate surface area is 108 Å². The summed E-state index contributed by atoms with van der Waals surface area (Å²) >= 11 is 0. The molecule has 0 bridgehead atoms. The topological polar surface area (TPSA) is 72.6 Å². The lowest BCUT2D eigenvalue weighted by Crippen LogP contribution is -2.34. The summed E-state index contributed by atoms with van der Waals surface area (Å²) in [6.07, 6.45) is 0. The van der Waals surface area contributed by atoms with Crippen molar-refractivity contribution in [2.45, 2.75) is 6.92 Å². The molecule has 0 radical (unpaired) electrons. The molecule has 0 aliphatic carbocycles. The van der Waals surface area contributed by atoms with Crippen LogP contribution in [0.15, 0.2) is 12.1 Å². The van der Waals surface area contributed by atoms with Crippen LogP contribution in [-0.4, -0.2) is 37.0 Å². The van der Waals surface area contributed by atoms with Gasteiger partial charge in [-0.1, -0.05) is 0 Å². The molecule has 0 spiro atoms. The zero-order valence-corrected chi connectivity index (χ0v) is 10.6. The van der Waals surface area contributed by atoms with E-state index < -0.39 is 35.6 Å². The van der Waals surface area contributed by atoms with E-state index in [9.17, 15) is 18.4 Å². The van der Waals surface area contributed by atoms with Crippen LogP contribution in [0.25, 0.3) is 0 Å². The third-order valence-corrected chi connectivity index (χ3v) is 2.35. The lowest BCUT2D eigenvalue weighted by Gasteiger charge is -2.17. The maximum atomic E-state index is 13.6. The second-order valence-corrected chi connectivity index (χ2v) is 3.79. The predicted octanol–water partition coefficient (Wildman–Crippen LogP) is 1.18. The molecule has 0 atom stereocenters. The second-order valence-electron chi connectivity index (χ2n) is 3.79. The summed E-state index contributed by atoms with van der Waals surface area (Å²) in [5.41, 5.74) is 4.15. The Morgan fingerprint density at radius 2 is 2.00 bits per heavy atom. The van der Waals surface area contributed by atoms with Gasteiger partial charge in [0, 0.05) is 7.05 Å². The summed E-state index contributed by atoms with van der Waals surface area (Å²) in [4.78, 5) is 23.9. The van der Waals surface area contributed by atoms with Crippen molar-refractivity contribution >= 4 is 17.6 Å². The molecule has 0 aromatic heterocycles. The first-order chi connectivity index (χ1) is 8.88. The predicted molar refractivity (Wildman–Crippen MR) is 64.4 cm³/mol. The zero-order valence-electron chi connectivity index (χ0n) is 10.6. The number of halogens is 2. The molecule has 0 saturated carbocycles. The van der Waals surface area contributed by atoms with Crippen LogP contribution >= 0.6 is 0 Å². The highest BCUT2D eigenvalue weighted by Gasteiger charge is 2.24. The first-order valence-electron chi connectivity index (χ1n) is 5.53. The van der Waals surface area contributed by atoms with Crippen molar-refractivity contribution in [3.8, 4) is 0 Å². The fourth-order valence-corrected chi connectivity index (χ4v) is 1.43. The van der Waals surface area contributed by atoms with Crippen LogP contribution in [0.3, 0.4) is 0 Å². The first kappa shape index (κ1) is 14.9. The van der Waals surface area contributed by atoms with Gasteiger partial charge in [-0.3, -0.25) is 9.59 Å². The van der Waals surface area contributed by atoms with Crippen molar-refractivity contribution in [3.05, 3.63) is 29.3 Å². The van der Waals surface area contributed by atoms with E-state index in [0.29, 0.717) is 0 Å². The average Bonchev–Trinajstić information content (AvgIpc) is 2.34. The number of hydrogen-bond donors (Lipinski definition) is 1. The van der Waals surface area contributed by atoms with E-state index in [1.165, 1.54) is 7.05 Å². The van der Waals surface area contributed by atoms with Gasteiger partial charge < -0.3 is 15.4 Å². The van der Waals surface area contributed by atoms with Crippen molar-refractivity contribution in [2.75, 3.05) is 25.9 Å². The van der Waals surface area contributed by atoms with Gasteiger partial charge in [0.25, 0.3) is 5.91 Å². The fourth-order valence-electron chi connectivity index (χ4n) is 1.43. The number of ether oxygens (including phenoxy) is 1. The van der Waals surface area contributed by atoms with Gasteiger partial charge in [-0.25, -0.2) is 8.78 Å². The lowest BCUT2D eigenvalue weighted by molar-refractivity contribution is -0.143. The molecule has 0 aliphatic rings. The summed E-state index contributed by atoms with van der Waals surface area (Å²) in [6.45, 7) is 1.36. The minimum Gasteiger partial charge on any atom is -0.465 e. The number of nitrogens with two attached hydrogens (primary N) is 1. The normalized spacial score (nSPS) is 10.1. The van der Waals surface area contributed by atoms with Crippen molar-refractivity contribution in [1.29, 1.82) is 0 Å². The van der Waals surface area contributed by atoms with Crippen molar-refractivity contribution in [2.24, 2.45) is 0 Å². The van der Waals surface area contributed by atoms with E-state index in [2.05, 4.69) is 4.74 Å². The molecule has 2 N–H and O–H groups in total. The number of amides is 1. The number of esters is 1. The second kappa shape index (κ2) is 6.12. The summed E-state index contributed by atoms with van der Waals surface area (Å²) in [5.74, 6) is -3.81. The van der Waals surface area contributed by atoms with Crippen LogP contribution in [0.1, 0.15) is 17.3 Å². The molecule has 104 valence electrons. The van der Waals surface area contributed by atoms with Gasteiger partial charge >= 0.3 is 5.97 Å². The third-order valence-electron chi connectivity index (χ3n) is 2.35. The number of anilines is 1. The molecule has 1 amide bonds. The Balaban J connectivity index is 2.94. The first-order valence-corrected chi connectivity index (χ1v) is 5.53. The molecule has 7 heteroatoms. The highest BCUT2D eigenvalue weighted by Crippen LogP contribution is 2.19. The Morgan fingerprint density at radius 3 is 2.58 bits per heavy atom. The molecule has 0 heterocycles. The van der Waals surface area contributed by atoms with Gasteiger partial charge in [0.1, 0.15) is 17.9 Å². The summed E-state index contributed by atoms with van der Waals surface area (Å²) in [7, 11) is 1.24. The van der Waals surface area contributed by atoms with Crippen LogP contribution in [0.4, 0.5) is 14.5 Å². The minimum atomic E-state index is -1.14. The molecule has 0 unspecified atom stereocenters. The molecular weight excluding hydrogens is 258 g/mol. The molecule has 0 fully saturated rings. The van der Waals surface area contributed by atoms with Crippen LogP contribution in [0, 0.1) is 11.6 Å². The van der Waals surface area contributed by atoms with E-state index in [1.807, 2.05) is 0 Å². The van der Waals surface area contributed by atoms with Crippen LogP contribution in [0.2, 0.25) is 0 Å². The molecular formula is C12H14F2N2O3. The van der Waals surface area contributed by atoms with E-state index in [1.54, 1.807) is 6.92 Å². The molecule has 19 heavy (non-hydrogen) atoms. The summed E-state index contributed by atoms with van der Waals surface area (Å²) in [5, 5.41) is 0. The smallest absolute Gasteiger partial charge is 0.325 e. The Morgan fingerprint density at radius 1 is 1.37 bits per heavy atom. The Hall–Kier alpha value is -2.18. The maximum Gasteiger partial charge on any atom is 0.325 e. The average molecular weight is 272 g/mol. The number of carbonyl (C=O) groups is 2. The number of hydrogen-bond acceptors (Lipinski definition) is 4. The van der Waals surface area contributed by atoms with Crippen molar-refractivity contribution in [3.63, 3.8) is 0 Å². The minimum absolute atomic E-state index is 0.155. The standard InChI is InChI=1S/C12H14F2N2O3/c1-3-19-9(17)6-16(2)12(18)10-7(13)4-5-8(15)11(10)14/h4-5H,3,6,15H2,1-2H3. The van der Waals surface area contributed by atoms with E-state index in [-0.39, 0.29) is 12.3 Å². The number of rotatable bonds is 4. The highest BCUT2D eigenvalue weighted by molar-refractivity contribution is 5.97. The molecule has 0 saturated heterocycles. The molecule has 1 aromatic carbocycles. The lowest BCUT2D eigenvalue weighted by atomic mass is 10.1. The van der Waals surface area contributed by atoms with Crippen molar-refractivity contribution < 1.29 is 23.1 Å². The number of benzene rings is 1. The van der Waals surface area contributed by atoms with Gasteiger partial charge in [0.15, 0.2) is 5.82 Å². The highest BCUT2D eigenvalue weighted by atomic mass is 19.1. The summed E-state index contributed by atoms with van der Waals surface area (Å²) in [6, 6.07) is 1.91. The maximum absolute atomic E-state index is 13.6. The SMILES string of the molecule is CCOC(=O)CN(C)C(=O)c1c(F)ccc(N)c1F. The molecule has 1 rings (SSSR count). The van der Waals surface area contributed by atoms with E-state index >= 15 is 0 Å². The number of nitrogen functional groups attached to an aromatic ring is 1. The molecule has 1 aromatic rings. The van der Waals surface area contributed by atoms with Gasteiger partial charge in [-0.05, 0) is 19.1 Å². The summed E-state index contributed by atoms with van der Waals surface area (Å²) < 4.78 is 31.7. The quantitative estimate of drug-likeness (QED) is 0.660. The zero-order chi connectivity index (χ0) is 14.6. The van der Waals surface area contributed by atoms with Crippen LogP contribution in [-0.2, 0) is 9.53 Å². The van der Waals surface area contributed by atoms with Gasteiger partial charge in [-0.15, -0.1) is 0 Å². The third kappa shape index (κ3) is 3.40. The Bertz CT molecular complexity index is 506. The number of likely N-dealkylation sites (N-methyl/N-ethyl adjacent to an activating group) is 1. The van der Waals surface area contributed by atoms with E-state index in [4.69, 9.17) is 5.73 Å². The molecule has 0 aliphatic heterocycles.